The molecule has 190 valence electrons. The van der Waals surface area contributed by atoms with Gasteiger partial charge in [0, 0.05) is 46.9 Å². The number of nitrogens with one attached hydrogen (secondary N) is 1. The molecule has 2 fully saturated rings. The van der Waals surface area contributed by atoms with Crippen LogP contribution in [0.25, 0.3) is 10.6 Å². The van der Waals surface area contributed by atoms with Crippen LogP contribution in [-0.2, 0) is 4.79 Å². The van der Waals surface area contributed by atoms with E-state index in [1.165, 1.54) is 0 Å². The average molecular weight is 497 g/mol. The van der Waals surface area contributed by atoms with E-state index < -0.39 is 6.04 Å². The normalized spacial score (nSPS) is 25.0. The zero-order chi connectivity index (χ0) is 25.1. The van der Waals surface area contributed by atoms with Crippen molar-refractivity contribution in [1.82, 2.24) is 20.1 Å². The lowest BCUT2D eigenvalue weighted by atomic mass is 9.77. The van der Waals surface area contributed by atoms with Crippen LogP contribution in [0.15, 0.2) is 29.6 Å². The summed E-state index contributed by atoms with van der Waals surface area (Å²) in [5.41, 5.74) is 2.48. The summed E-state index contributed by atoms with van der Waals surface area (Å²) in [6.07, 6.45) is 6.29. The molecule has 4 atom stereocenters. The third-order valence-corrected chi connectivity index (χ3v) is 8.91. The molecule has 4 rings (SSSR count). The number of hydrogen-bond donors (Lipinski definition) is 1. The number of carbonyl (C=O) groups excluding carboxylic acids is 2. The van der Waals surface area contributed by atoms with Crippen LogP contribution in [0.2, 0.25) is 0 Å². The molecule has 2 aromatic rings. The molecule has 2 heterocycles. The highest BCUT2D eigenvalue weighted by Gasteiger charge is 2.42. The minimum atomic E-state index is -0.438. The molecule has 1 aliphatic carbocycles. The van der Waals surface area contributed by atoms with Gasteiger partial charge in [-0.15, -0.1) is 11.3 Å². The Morgan fingerprint density at radius 3 is 2.77 bits per heavy atom. The Hall–Kier alpha value is -2.25. The minimum absolute atomic E-state index is 0.0896. The van der Waals surface area contributed by atoms with Gasteiger partial charge in [0.15, 0.2) is 0 Å². The largest absolute Gasteiger partial charge is 0.340 e. The van der Waals surface area contributed by atoms with Gasteiger partial charge in [-0.05, 0) is 78.0 Å². The molecule has 1 aromatic carbocycles. The zero-order valence-corrected chi connectivity index (χ0v) is 22.6. The third kappa shape index (κ3) is 5.78. The Bertz CT molecular complexity index is 1040. The average Bonchev–Trinajstić information content (AvgIpc) is 3.44. The van der Waals surface area contributed by atoms with Crippen LogP contribution in [0.5, 0.6) is 0 Å². The first-order valence-electron chi connectivity index (χ1n) is 13.1. The van der Waals surface area contributed by atoms with E-state index in [-0.39, 0.29) is 17.9 Å². The predicted octanol–water partition coefficient (Wildman–Crippen LogP) is 5.13. The summed E-state index contributed by atoms with van der Waals surface area (Å²) in [7, 11) is 2.23. The summed E-state index contributed by atoms with van der Waals surface area (Å²) >= 11 is 1.57. The van der Waals surface area contributed by atoms with E-state index in [2.05, 4.69) is 47.9 Å². The van der Waals surface area contributed by atoms with Crippen LogP contribution in [0.3, 0.4) is 0 Å². The molecule has 2 aliphatic rings. The van der Waals surface area contributed by atoms with E-state index in [1.807, 2.05) is 30.5 Å². The van der Waals surface area contributed by atoms with Crippen LogP contribution >= 0.6 is 11.3 Å². The number of rotatable bonds is 8. The molecule has 0 bridgehead atoms. The third-order valence-electron chi connectivity index (χ3n) is 7.90. The molecule has 0 spiro atoms. The summed E-state index contributed by atoms with van der Waals surface area (Å²) in [6.45, 7) is 9.45. The minimum Gasteiger partial charge on any atom is -0.340 e. The maximum absolute atomic E-state index is 13.4. The summed E-state index contributed by atoms with van der Waals surface area (Å²) in [5.74, 6) is 0.427. The second-order valence-corrected chi connectivity index (χ2v) is 11.4. The van der Waals surface area contributed by atoms with Gasteiger partial charge in [-0.3, -0.25) is 9.59 Å². The smallest absolute Gasteiger partial charge is 0.251 e. The van der Waals surface area contributed by atoms with E-state index in [0.717, 1.165) is 54.9 Å². The Kier molecular flexibility index (Phi) is 8.27. The van der Waals surface area contributed by atoms with E-state index in [0.29, 0.717) is 30.0 Å². The van der Waals surface area contributed by atoms with Crippen molar-refractivity contribution in [3.63, 3.8) is 0 Å². The maximum atomic E-state index is 13.4. The molecular formula is C28H40N4O2S. The van der Waals surface area contributed by atoms with Gasteiger partial charge in [0.2, 0.25) is 5.91 Å². The van der Waals surface area contributed by atoms with Crippen molar-refractivity contribution in [2.75, 3.05) is 13.6 Å². The Labute approximate surface area is 214 Å². The van der Waals surface area contributed by atoms with Crippen LogP contribution in [-0.4, -0.2) is 64.4 Å². The Balaban J connectivity index is 1.41. The van der Waals surface area contributed by atoms with Crippen LogP contribution < -0.4 is 5.32 Å². The highest BCUT2D eigenvalue weighted by Crippen LogP contribution is 2.36. The summed E-state index contributed by atoms with van der Waals surface area (Å²) in [5, 5.41) is 5.94. The van der Waals surface area contributed by atoms with Gasteiger partial charge >= 0.3 is 0 Å². The molecule has 1 aromatic heterocycles. The number of aryl methyl sites for hydroxylation is 1. The fourth-order valence-electron chi connectivity index (χ4n) is 5.79. The molecule has 1 N–H and O–H groups in total. The molecular weight excluding hydrogens is 456 g/mol. The Morgan fingerprint density at radius 2 is 2.09 bits per heavy atom. The van der Waals surface area contributed by atoms with Gasteiger partial charge < -0.3 is 15.1 Å². The number of benzene rings is 1. The van der Waals surface area contributed by atoms with Crippen molar-refractivity contribution in [3.05, 3.63) is 40.9 Å². The van der Waals surface area contributed by atoms with E-state index in [9.17, 15) is 9.59 Å². The predicted molar refractivity (Wildman–Crippen MR) is 143 cm³/mol. The van der Waals surface area contributed by atoms with Crippen molar-refractivity contribution in [2.24, 2.45) is 5.92 Å². The zero-order valence-electron chi connectivity index (χ0n) is 21.8. The molecule has 2 amide bonds. The van der Waals surface area contributed by atoms with E-state index in [4.69, 9.17) is 0 Å². The number of thiazole rings is 1. The first-order chi connectivity index (χ1) is 16.8. The van der Waals surface area contributed by atoms with Crippen molar-refractivity contribution >= 4 is 23.2 Å². The molecule has 7 heteroatoms. The molecule has 1 saturated heterocycles. The standard InChI is InChI=1S/C28H40N4O2S/c1-6-8-20-16-23(31(5)18(2)3)11-12-25(20)32-14-13-24(28(32)34)30-26(33)21-9-7-10-22(15-21)27-29-19(4)17-35-27/h7,9-10,15,17-18,20,23-25H,6,8,11-14,16H2,1-5H3,(H,30,33)/t20-,23+,24-,25-/m0/s1. The van der Waals surface area contributed by atoms with Crippen molar-refractivity contribution < 1.29 is 9.59 Å². The monoisotopic (exact) mass is 496 g/mol. The first-order valence-corrected chi connectivity index (χ1v) is 14.0. The number of carbonyl (C=O) groups is 2. The van der Waals surface area contributed by atoms with Crippen LogP contribution in [0.4, 0.5) is 0 Å². The van der Waals surface area contributed by atoms with Gasteiger partial charge in [-0.1, -0.05) is 25.5 Å². The topological polar surface area (TPSA) is 65.5 Å². The molecule has 0 unspecified atom stereocenters. The quantitative estimate of drug-likeness (QED) is 0.550. The number of nitrogens with zero attached hydrogens (tertiary/aromatic N) is 3. The number of aromatic nitrogens is 1. The number of likely N-dealkylation sites (tertiary alicyclic amines) is 1. The lowest BCUT2D eigenvalue weighted by Crippen LogP contribution is -2.51. The van der Waals surface area contributed by atoms with Crippen LogP contribution in [0.1, 0.15) is 75.3 Å². The molecule has 0 radical (unpaired) electrons. The van der Waals surface area contributed by atoms with Crippen LogP contribution in [0, 0.1) is 12.8 Å². The maximum Gasteiger partial charge on any atom is 0.251 e. The molecule has 1 saturated carbocycles. The van der Waals surface area contributed by atoms with Gasteiger partial charge in [0.25, 0.3) is 5.91 Å². The number of amides is 2. The second-order valence-electron chi connectivity index (χ2n) is 10.6. The van der Waals surface area contributed by atoms with Gasteiger partial charge in [-0.2, -0.15) is 0 Å². The fraction of sp³-hybridized carbons (Fsp3) is 0.607. The van der Waals surface area contributed by atoms with E-state index in [1.54, 1.807) is 17.4 Å². The molecule has 35 heavy (non-hydrogen) atoms. The first kappa shape index (κ1) is 25.8. The highest BCUT2D eigenvalue weighted by molar-refractivity contribution is 7.13. The summed E-state index contributed by atoms with van der Waals surface area (Å²) in [6, 6.07) is 8.50. The fourth-order valence-corrected chi connectivity index (χ4v) is 6.59. The molecule has 1 aliphatic heterocycles. The van der Waals surface area contributed by atoms with Gasteiger partial charge in [0.1, 0.15) is 11.0 Å². The van der Waals surface area contributed by atoms with Crippen molar-refractivity contribution in [3.8, 4) is 10.6 Å². The second kappa shape index (κ2) is 11.2. The van der Waals surface area contributed by atoms with Crippen molar-refractivity contribution in [2.45, 2.75) is 90.4 Å². The lowest BCUT2D eigenvalue weighted by Gasteiger charge is -2.44. The van der Waals surface area contributed by atoms with Gasteiger partial charge in [-0.25, -0.2) is 4.98 Å². The SMILES string of the molecule is CCC[C@H]1C[C@H](N(C)C(C)C)CC[C@@H]1N1CC[C@H](NC(=O)c2cccc(-c3nc(C)cs3)c2)C1=O. The van der Waals surface area contributed by atoms with Gasteiger partial charge in [0.05, 0.1) is 0 Å². The lowest BCUT2D eigenvalue weighted by molar-refractivity contribution is -0.133. The molecule has 6 nitrogen and oxygen atoms in total. The number of hydrogen-bond acceptors (Lipinski definition) is 5. The summed E-state index contributed by atoms with van der Waals surface area (Å²) < 4.78 is 0. The van der Waals surface area contributed by atoms with E-state index >= 15 is 0 Å². The summed E-state index contributed by atoms with van der Waals surface area (Å²) in [4.78, 5) is 35.6. The highest BCUT2D eigenvalue weighted by atomic mass is 32.1. The van der Waals surface area contributed by atoms with Crippen molar-refractivity contribution in [1.29, 1.82) is 0 Å². The Morgan fingerprint density at radius 1 is 1.29 bits per heavy atom.